The third-order valence-electron chi connectivity index (χ3n) is 2.25. The maximum absolute atomic E-state index is 13.1. The Morgan fingerprint density at radius 3 is 2.94 bits per heavy atom. The molecule has 0 spiro atoms. The standard InChI is InChI=1S/C12H13FO4/c1-2-12(14)17-10-4-3-8(13)5-11(10)16-7-9-6-15-9/h3-5,9H,2,6-7H2,1H3/t9-/m0/s1. The first-order valence-corrected chi connectivity index (χ1v) is 5.43. The number of carbonyl (C=O) groups excluding carboxylic acids is 1. The zero-order chi connectivity index (χ0) is 12.3. The lowest BCUT2D eigenvalue weighted by Crippen LogP contribution is -2.09. The van der Waals surface area contributed by atoms with Gasteiger partial charge in [0.1, 0.15) is 18.5 Å². The summed E-state index contributed by atoms with van der Waals surface area (Å²) in [6.07, 6.45) is 0.315. The van der Waals surface area contributed by atoms with E-state index in [4.69, 9.17) is 14.2 Å². The quantitative estimate of drug-likeness (QED) is 0.448. The Hall–Kier alpha value is -1.62. The van der Waals surface area contributed by atoms with Crippen LogP contribution < -0.4 is 9.47 Å². The number of carbonyl (C=O) groups is 1. The first-order valence-electron chi connectivity index (χ1n) is 5.43. The van der Waals surface area contributed by atoms with Gasteiger partial charge in [-0.2, -0.15) is 0 Å². The highest BCUT2D eigenvalue weighted by molar-refractivity contribution is 5.72. The Bertz CT molecular complexity index is 415. The number of rotatable bonds is 5. The van der Waals surface area contributed by atoms with Gasteiger partial charge >= 0.3 is 5.97 Å². The highest BCUT2D eigenvalue weighted by Crippen LogP contribution is 2.29. The van der Waals surface area contributed by atoms with Crippen molar-refractivity contribution in [2.24, 2.45) is 0 Å². The van der Waals surface area contributed by atoms with Crippen LogP contribution in [0.25, 0.3) is 0 Å². The van der Waals surface area contributed by atoms with Crippen LogP contribution in [0.15, 0.2) is 18.2 Å². The Balaban J connectivity index is 2.08. The monoisotopic (exact) mass is 240 g/mol. The SMILES string of the molecule is CCC(=O)Oc1ccc(F)cc1OC[C@@H]1CO1. The van der Waals surface area contributed by atoms with Crippen molar-refractivity contribution < 1.29 is 23.4 Å². The molecule has 17 heavy (non-hydrogen) atoms. The summed E-state index contributed by atoms with van der Waals surface area (Å²) in [5.74, 6) is -0.363. The van der Waals surface area contributed by atoms with Crippen molar-refractivity contribution in [2.75, 3.05) is 13.2 Å². The van der Waals surface area contributed by atoms with Crippen LogP contribution in [0.3, 0.4) is 0 Å². The minimum atomic E-state index is -0.437. The van der Waals surface area contributed by atoms with Gasteiger partial charge in [0.25, 0.3) is 0 Å². The summed E-state index contributed by atoms with van der Waals surface area (Å²) in [5, 5.41) is 0. The second-order valence-electron chi connectivity index (χ2n) is 3.69. The van der Waals surface area contributed by atoms with E-state index in [1.54, 1.807) is 6.92 Å². The largest absolute Gasteiger partial charge is 0.487 e. The molecule has 0 saturated carbocycles. The van der Waals surface area contributed by atoms with Crippen molar-refractivity contribution in [1.29, 1.82) is 0 Å². The van der Waals surface area contributed by atoms with Crippen LogP contribution >= 0.6 is 0 Å². The van der Waals surface area contributed by atoms with Gasteiger partial charge in [-0.1, -0.05) is 6.92 Å². The van der Waals surface area contributed by atoms with Crippen molar-refractivity contribution >= 4 is 5.97 Å². The van der Waals surface area contributed by atoms with E-state index in [2.05, 4.69) is 0 Å². The number of halogens is 1. The summed E-state index contributed by atoms with van der Waals surface area (Å²) in [7, 11) is 0. The maximum atomic E-state index is 13.1. The highest BCUT2D eigenvalue weighted by Gasteiger charge is 2.24. The fourth-order valence-corrected chi connectivity index (χ4v) is 1.22. The lowest BCUT2D eigenvalue weighted by Gasteiger charge is -2.10. The maximum Gasteiger partial charge on any atom is 0.311 e. The van der Waals surface area contributed by atoms with Crippen LogP contribution in [0, 0.1) is 5.82 Å². The molecule has 0 aliphatic carbocycles. The number of ether oxygens (including phenoxy) is 3. The van der Waals surface area contributed by atoms with Crippen LogP contribution in [0.4, 0.5) is 4.39 Å². The summed E-state index contributed by atoms with van der Waals surface area (Å²) in [5.41, 5.74) is 0. The van der Waals surface area contributed by atoms with E-state index in [-0.39, 0.29) is 30.0 Å². The molecule has 1 aliphatic heterocycles. The van der Waals surface area contributed by atoms with E-state index < -0.39 is 5.82 Å². The number of esters is 1. The van der Waals surface area contributed by atoms with Crippen LogP contribution in [0.2, 0.25) is 0 Å². The fraction of sp³-hybridized carbons (Fsp3) is 0.417. The molecule has 2 rings (SSSR count). The van der Waals surface area contributed by atoms with Gasteiger partial charge in [-0.25, -0.2) is 4.39 Å². The van der Waals surface area contributed by atoms with Crippen LogP contribution in [-0.2, 0) is 9.53 Å². The van der Waals surface area contributed by atoms with Crippen LogP contribution in [-0.4, -0.2) is 25.3 Å². The molecule has 1 aliphatic rings. The molecular weight excluding hydrogens is 227 g/mol. The molecule has 1 heterocycles. The van der Waals surface area contributed by atoms with Gasteiger partial charge in [0.2, 0.25) is 0 Å². The first-order chi connectivity index (χ1) is 8.19. The molecular formula is C12H13FO4. The topological polar surface area (TPSA) is 48.1 Å². The molecule has 0 amide bonds. The van der Waals surface area contributed by atoms with E-state index in [0.717, 1.165) is 0 Å². The summed E-state index contributed by atoms with van der Waals surface area (Å²) in [6.45, 7) is 2.67. The van der Waals surface area contributed by atoms with E-state index >= 15 is 0 Å². The van der Waals surface area contributed by atoms with Crippen LogP contribution in [0.1, 0.15) is 13.3 Å². The van der Waals surface area contributed by atoms with Crippen molar-refractivity contribution in [2.45, 2.75) is 19.4 Å². The molecule has 5 heteroatoms. The van der Waals surface area contributed by atoms with E-state index in [1.807, 2.05) is 0 Å². The molecule has 0 aromatic heterocycles. The molecule has 1 atom stereocenters. The van der Waals surface area contributed by atoms with Gasteiger partial charge in [0.15, 0.2) is 11.5 Å². The Morgan fingerprint density at radius 1 is 1.53 bits per heavy atom. The molecule has 1 aromatic carbocycles. The van der Waals surface area contributed by atoms with Gasteiger partial charge in [-0.3, -0.25) is 4.79 Å². The molecule has 1 aromatic rings. The minimum Gasteiger partial charge on any atom is -0.487 e. The average Bonchev–Trinajstić information content (AvgIpc) is 3.13. The predicted molar refractivity (Wildman–Crippen MR) is 57.6 cm³/mol. The predicted octanol–water partition coefficient (Wildman–Crippen LogP) is 1.92. The third kappa shape index (κ3) is 3.42. The smallest absolute Gasteiger partial charge is 0.311 e. The number of hydrogen-bond donors (Lipinski definition) is 0. The Kier molecular flexibility index (Phi) is 3.58. The van der Waals surface area contributed by atoms with Crippen molar-refractivity contribution in [3.63, 3.8) is 0 Å². The van der Waals surface area contributed by atoms with Gasteiger partial charge in [-0.15, -0.1) is 0 Å². The summed E-state index contributed by atoms with van der Waals surface area (Å²) < 4.78 is 28.4. The number of epoxide rings is 1. The zero-order valence-corrected chi connectivity index (χ0v) is 9.44. The van der Waals surface area contributed by atoms with Gasteiger partial charge in [-0.05, 0) is 12.1 Å². The minimum absolute atomic E-state index is 0.0630. The van der Waals surface area contributed by atoms with Gasteiger partial charge in [0, 0.05) is 12.5 Å². The molecule has 0 unspecified atom stereocenters. The second kappa shape index (κ2) is 5.14. The van der Waals surface area contributed by atoms with Gasteiger partial charge in [0.05, 0.1) is 6.61 Å². The Labute approximate surface area is 98.3 Å². The molecule has 1 fully saturated rings. The lowest BCUT2D eigenvalue weighted by molar-refractivity contribution is -0.134. The van der Waals surface area contributed by atoms with E-state index in [0.29, 0.717) is 13.2 Å². The summed E-state index contributed by atoms with van der Waals surface area (Å²) >= 11 is 0. The molecule has 0 bridgehead atoms. The third-order valence-corrected chi connectivity index (χ3v) is 2.25. The van der Waals surface area contributed by atoms with E-state index in [9.17, 15) is 9.18 Å². The van der Waals surface area contributed by atoms with Gasteiger partial charge < -0.3 is 14.2 Å². The highest BCUT2D eigenvalue weighted by atomic mass is 19.1. The molecule has 92 valence electrons. The zero-order valence-electron chi connectivity index (χ0n) is 9.44. The lowest BCUT2D eigenvalue weighted by atomic mass is 10.3. The summed E-state index contributed by atoms with van der Waals surface area (Å²) in [6, 6.07) is 3.80. The second-order valence-corrected chi connectivity index (χ2v) is 3.69. The number of hydrogen-bond acceptors (Lipinski definition) is 4. The fourth-order valence-electron chi connectivity index (χ4n) is 1.22. The normalized spacial score (nSPS) is 17.6. The van der Waals surface area contributed by atoms with Crippen molar-refractivity contribution in [1.82, 2.24) is 0 Å². The average molecular weight is 240 g/mol. The van der Waals surface area contributed by atoms with Crippen molar-refractivity contribution in [3.8, 4) is 11.5 Å². The first kappa shape index (κ1) is 11.9. The molecule has 1 saturated heterocycles. The Morgan fingerprint density at radius 2 is 2.29 bits per heavy atom. The van der Waals surface area contributed by atoms with Crippen molar-refractivity contribution in [3.05, 3.63) is 24.0 Å². The summed E-state index contributed by atoms with van der Waals surface area (Å²) in [4.78, 5) is 11.2. The number of benzene rings is 1. The molecule has 0 N–H and O–H groups in total. The molecule has 4 nitrogen and oxygen atoms in total. The molecule has 0 radical (unpaired) electrons. The van der Waals surface area contributed by atoms with Crippen LogP contribution in [0.5, 0.6) is 11.5 Å². The van der Waals surface area contributed by atoms with E-state index in [1.165, 1.54) is 18.2 Å².